The predicted octanol–water partition coefficient (Wildman–Crippen LogP) is 3.20. The first-order chi connectivity index (χ1) is 8.58. The molecule has 0 radical (unpaired) electrons. The molecule has 0 saturated carbocycles. The highest BCUT2D eigenvalue weighted by molar-refractivity contribution is 5.71. The van der Waals surface area contributed by atoms with E-state index in [1.165, 1.54) is 25.1 Å². The molecule has 0 aliphatic heterocycles. The summed E-state index contributed by atoms with van der Waals surface area (Å²) in [5, 5.41) is 14.3. The highest BCUT2D eigenvalue weighted by Gasteiger charge is 2.21. The quantitative estimate of drug-likeness (QED) is 0.617. The summed E-state index contributed by atoms with van der Waals surface area (Å²) in [7, 11) is 0. The molecule has 0 atom stereocenters. The van der Waals surface area contributed by atoms with E-state index in [4.69, 9.17) is 4.52 Å². The maximum absolute atomic E-state index is 12.7. The van der Waals surface area contributed by atoms with E-state index in [1.54, 1.807) is 18.2 Å². The third kappa shape index (κ3) is 2.42. The van der Waals surface area contributed by atoms with Crippen molar-refractivity contribution >= 4 is 17.8 Å². The summed E-state index contributed by atoms with van der Waals surface area (Å²) in [5.74, 6) is -0.268. The second-order valence-electron chi connectivity index (χ2n) is 3.62. The summed E-state index contributed by atoms with van der Waals surface area (Å²) in [5.41, 5.74) is 0.770. The van der Waals surface area contributed by atoms with Crippen LogP contribution in [0.5, 0.6) is 0 Å². The molecule has 6 heteroatoms. The number of hydrogen-bond acceptors (Lipinski definition) is 4. The van der Waals surface area contributed by atoms with Gasteiger partial charge < -0.3 is 4.52 Å². The molecule has 1 heterocycles. The van der Waals surface area contributed by atoms with Crippen molar-refractivity contribution in [3.63, 3.8) is 0 Å². The van der Waals surface area contributed by atoms with Gasteiger partial charge in [-0.1, -0.05) is 23.4 Å². The summed E-state index contributed by atoms with van der Waals surface area (Å²) in [4.78, 5) is 10.2. The predicted molar refractivity (Wildman–Crippen MR) is 63.2 cm³/mol. The fourth-order valence-electron chi connectivity index (χ4n) is 1.46. The average molecular weight is 248 g/mol. The standard InChI is InChI=1S/C12H9FN2O3/c1-8-12(15(16)17)11(18-14-8)7-4-9-2-5-10(13)6-3-9/h2-7H,1H3. The van der Waals surface area contributed by atoms with Gasteiger partial charge in [0, 0.05) is 0 Å². The van der Waals surface area contributed by atoms with Gasteiger partial charge in [0.1, 0.15) is 5.82 Å². The van der Waals surface area contributed by atoms with Crippen LogP contribution in [-0.4, -0.2) is 10.1 Å². The van der Waals surface area contributed by atoms with Crippen LogP contribution in [0.4, 0.5) is 10.1 Å². The summed E-state index contributed by atoms with van der Waals surface area (Å²) in [6.45, 7) is 1.50. The van der Waals surface area contributed by atoms with Crippen LogP contribution in [0.25, 0.3) is 12.2 Å². The van der Waals surface area contributed by atoms with Crippen LogP contribution in [0, 0.1) is 22.9 Å². The molecular formula is C12H9FN2O3. The molecule has 0 amide bonds. The van der Waals surface area contributed by atoms with Crippen LogP contribution in [0.2, 0.25) is 0 Å². The average Bonchev–Trinajstić information content (AvgIpc) is 2.70. The fraction of sp³-hybridized carbons (Fsp3) is 0.0833. The summed E-state index contributed by atoms with van der Waals surface area (Å²) in [6, 6.07) is 5.72. The third-order valence-electron chi connectivity index (χ3n) is 2.34. The molecule has 0 saturated heterocycles. The van der Waals surface area contributed by atoms with Crippen molar-refractivity contribution < 1.29 is 13.8 Å². The van der Waals surface area contributed by atoms with Crippen LogP contribution < -0.4 is 0 Å². The van der Waals surface area contributed by atoms with E-state index in [0.717, 1.165) is 0 Å². The van der Waals surface area contributed by atoms with Gasteiger partial charge in [-0.25, -0.2) is 4.39 Å². The summed E-state index contributed by atoms with van der Waals surface area (Å²) < 4.78 is 17.5. The lowest BCUT2D eigenvalue weighted by Gasteiger charge is -1.92. The number of benzene rings is 1. The van der Waals surface area contributed by atoms with Crippen LogP contribution in [0.3, 0.4) is 0 Å². The molecule has 0 spiro atoms. The molecule has 2 rings (SSSR count). The van der Waals surface area contributed by atoms with Gasteiger partial charge in [0.25, 0.3) is 0 Å². The van der Waals surface area contributed by atoms with E-state index >= 15 is 0 Å². The highest BCUT2D eigenvalue weighted by Crippen LogP contribution is 2.24. The Balaban J connectivity index is 2.29. The molecule has 18 heavy (non-hydrogen) atoms. The third-order valence-corrected chi connectivity index (χ3v) is 2.34. The lowest BCUT2D eigenvalue weighted by molar-refractivity contribution is -0.386. The Morgan fingerprint density at radius 3 is 2.61 bits per heavy atom. The zero-order valence-electron chi connectivity index (χ0n) is 9.46. The van der Waals surface area contributed by atoms with Gasteiger partial charge in [0.05, 0.1) is 4.92 Å². The number of rotatable bonds is 3. The van der Waals surface area contributed by atoms with Gasteiger partial charge in [-0.05, 0) is 30.7 Å². The lowest BCUT2D eigenvalue weighted by atomic mass is 10.2. The van der Waals surface area contributed by atoms with Crippen molar-refractivity contribution in [1.82, 2.24) is 5.16 Å². The topological polar surface area (TPSA) is 69.2 Å². The maximum atomic E-state index is 12.7. The van der Waals surface area contributed by atoms with Crippen molar-refractivity contribution in [2.24, 2.45) is 0 Å². The van der Waals surface area contributed by atoms with Crippen molar-refractivity contribution in [1.29, 1.82) is 0 Å². The van der Waals surface area contributed by atoms with Crippen LogP contribution in [-0.2, 0) is 0 Å². The first kappa shape index (κ1) is 12.0. The van der Waals surface area contributed by atoms with E-state index in [1.807, 2.05) is 0 Å². The Morgan fingerprint density at radius 2 is 2.00 bits per heavy atom. The van der Waals surface area contributed by atoms with Gasteiger partial charge in [-0.15, -0.1) is 0 Å². The smallest absolute Gasteiger partial charge is 0.338 e. The van der Waals surface area contributed by atoms with Crippen LogP contribution in [0.1, 0.15) is 17.0 Å². The molecule has 0 N–H and O–H groups in total. The monoisotopic (exact) mass is 248 g/mol. The van der Waals surface area contributed by atoms with Gasteiger partial charge in [0.15, 0.2) is 5.69 Å². The van der Waals surface area contributed by atoms with Crippen molar-refractivity contribution in [2.45, 2.75) is 6.92 Å². The number of hydrogen-bond donors (Lipinski definition) is 0. The Morgan fingerprint density at radius 1 is 1.33 bits per heavy atom. The van der Waals surface area contributed by atoms with E-state index in [2.05, 4.69) is 5.16 Å². The summed E-state index contributed by atoms with van der Waals surface area (Å²) >= 11 is 0. The molecule has 0 aliphatic rings. The lowest BCUT2D eigenvalue weighted by Crippen LogP contribution is -1.90. The Kier molecular flexibility index (Phi) is 3.18. The first-order valence-corrected chi connectivity index (χ1v) is 5.12. The normalized spacial score (nSPS) is 11.0. The summed E-state index contributed by atoms with van der Waals surface area (Å²) in [6.07, 6.45) is 3.03. The van der Waals surface area contributed by atoms with E-state index in [-0.39, 0.29) is 23.0 Å². The zero-order valence-corrected chi connectivity index (χ0v) is 9.46. The Hall–Kier alpha value is -2.50. The SMILES string of the molecule is Cc1noc(C=Cc2ccc(F)cc2)c1[N+](=O)[O-]. The first-order valence-electron chi connectivity index (χ1n) is 5.12. The van der Waals surface area contributed by atoms with E-state index < -0.39 is 4.92 Å². The maximum Gasteiger partial charge on any atom is 0.338 e. The van der Waals surface area contributed by atoms with Crippen molar-refractivity contribution in [3.05, 3.63) is 57.2 Å². The second kappa shape index (κ2) is 4.79. The Labute approximate surface area is 102 Å². The molecular weight excluding hydrogens is 239 g/mol. The minimum Gasteiger partial charge on any atom is -0.349 e. The largest absolute Gasteiger partial charge is 0.349 e. The number of halogens is 1. The second-order valence-corrected chi connectivity index (χ2v) is 3.62. The number of nitro groups is 1. The number of nitrogens with zero attached hydrogens (tertiary/aromatic N) is 2. The molecule has 92 valence electrons. The molecule has 2 aromatic rings. The van der Waals surface area contributed by atoms with Crippen molar-refractivity contribution in [3.8, 4) is 0 Å². The Bertz CT molecular complexity index is 602. The molecule has 0 unspecified atom stereocenters. The minimum atomic E-state index is -0.545. The van der Waals surface area contributed by atoms with Gasteiger partial charge >= 0.3 is 5.69 Å². The van der Waals surface area contributed by atoms with Crippen LogP contribution >= 0.6 is 0 Å². The number of aromatic nitrogens is 1. The highest BCUT2D eigenvalue weighted by atomic mass is 19.1. The van der Waals surface area contributed by atoms with E-state index in [9.17, 15) is 14.5 Å². The number of aryl methyl sites for hydroxylation is 1. The minimum absolute atomic E-state index is 0.0711. The van der Waals surface area contributed by atoms with Gasteiger partial charge in [0.2, 0.25) is 5.76 Å². The molecule has 1 aromatic heterocycles. The van der Waals surface area contributed by atoms with E-state index in [0.29, 0.717) is 5.56 Å². The fourth-order valence-corrected chi connectivity index (χ4v) is 1.46. The molecule has 0 aliphatic carbocycles. The van der Waals surface area contributed by atoms with Gasteiger partial charge in [-0.2, -0.15) is 0 Å². The molecule has 0 bridgehead atoms. The van der Waals surface area contributed by atoms with Crippen molar-refractivity contribution in [2.75, 3.05) is 0 Å². The molecule has 5 nitrogen and oxygen atoms in total. The molecule has 1 aromatic carbocycles. The van der Waals surface area contributed by atoms with Crippen LogP contribution in [0.15, 0.2) is 28.8 Å². The molecule has 0 fully saturated rings. The van der Waals surface area contributed by atoms with Gasteiger partial charge in [-0.3, -0.25) is 10.1 Å². The zero-order chi connectivity index (χ0) is 13.1.